The van der Waals surface area contributed by atoms with E-state index >= 15 is 0 Å². The Hall–Kier alpha value is -0.890. The minimum Gasteiger partial charge on any atom is -0.392 e. The van der Waals surface area contributed by atoms with Crippen LogP contribution in [0.4, 0.5) is 5.69 Å². The van der Waals surface area contributed by atoms with E-state index in [0.29, 0.717) is 15.7 Å². The van der Waals surface area contributed by atoms with Gasteiger partial charge in [-0.1, -0.05) is 28.1 Å². The quantitative estimate of drug-likeness (QED) is 0.795. The summed E-state index contributed by atoms with van der Waals surface area (Å²) in [5, 5.41) is 8.95. The molecule has 0 aliphatic heterocycles. The summed E-state index contributed by atoms with van der Waals surface area (Å²) in [5.74, 6) is 0. The Morgan fingerprint density at radius 1 is 1.05 bits per heavy atom. The number of sulfonamides is 1. The van der Waals surface area contributed by atoms with E-state index < -0.39 is 10.0 Å². The summed E-state index contributed by atoms with van der Waals surface area (Å²) in [7, 11) is -3.65. The number of anilines is 1. The lowest BCUT2D eigenvalue weighted by Crippen LogP contribution is -2.13. The molecule has 2 N–H and O–H groups in total. The molecule has 0 unspecified atom stereocenters. The zero-order chi connectivity index (χ0) is 14.8. The van der Waals surface area contributed by atoms with E-state index in [1.165, 1.54) is 12.1 Å². The summed E-state index contributed by atoms with van der Waals surface area (Å²) in [4.78, 5) is 0.143. The van der Waals surface area contributed by atoms with Crippen molar-refractivity contribution in [2.75, 3.05) is 4.72 Å². The molecule has 0 amide bonds. The molecule has 0 aliphatic rings. The number of halogens is 2. The molecule has 0 radical (unpaired) electrons. The van der Waals surface area contributed by atoms with Gasteiger partial charge in [-0.25, -0.2) is 8.42 Å². The topological polar surface area (TPSA) is 66.4 Å². The van der Waals surface area contributed by atoms with Crippen LogP contribution in [0.15, 0.2) is 56.3 Å². The predicted molar refractivity (Wildman–Crippen MR) is 85.0 cm³/mol. The molecule has 0 saturated carbocycles. The van der Waals surface area contributed by atoms with Crippen molar-refractivity contribution >= 4 is 47.6 Å². The van der Waals surface area contributed by atoms with Crippen LogP contribution in [0.5, 0.6) is 0 Å². The fourth-order valence-corrected chi connectivity index (χ4v) is 3.91. The SMILES string of the molecule is O=S(=O)(Nc1ccc(Br)cc1Br)c1ccc(CO)cc1. The summed E-state index contributed by atoms with van der Waals surface area (Å²) in [6.45, 7) is -0.119. The van der Waals surface area contributed by atoms with E-state index in [4.69, 9.17) is 5.11 Å². The smallest absolute Gasteiger partial charge is 0.261 e. The number of benzene rings is 2. The second-order valence-electron chi connectivity index (χ2n) is 4.03. The maximum absolute atomic E-state index is 12.2. The molecule has 0 saturated heterocycles. The van der Waals surface area contributed by atoms with Crippen LogP contribution in [0.3, 0.4) is 0 Å². The van der Waals surface area contributed by atoms with Crippen molar-refractivity contribution in [3.63, 3.8) is 0 Å². The minimum absolute atomic E-state index is 0.119. The fourth-order valence-electron chi connectivity index (χ4n) is 1.55. The molecule has 0 heterocycles. The van der Waals surface area contributed by atoms with Crippen LogP contribution in [-0.2, 0) is 16.6 Å². The highest BCUT2D eigenvalue weighted by molar-refractivity contribution is 9.11. The summed E-state index contributed by atoms with van der Waals surface area (Å²) >= 11 is 6.61. The number of aliphatic hydroxyl groups is 1. The Morgan fingerprint density at radius 3 is 2.25 bits per heavy atom. The van der Waals surface area contributed by atoms with Crippen molar-refractivity contribution in [3.8, 4) is 0 Å². The van der Waals surface area contributed by atoms with Crippen molar-refractivity contribution in [2.45, 2.75) is 11.5 Å². The van der Waals surface area contributed by atoms with Crippen molar-refractivity contribution in [3.05, 3.63) is 57.0 Å². The van der Waals surface area contributed by atoms with Gasteiger partial charge >= 0.3 is 0 Å². The third-order valence-corrected chi connectivity index (χ3v) is 5.12. The minimum atomic E-state index is -3.65. The lowest BCUT2D eigenvalue weighted by atomic mass is 10.2. The average Bonchev–Trinajstić information content (AvgIpc) is 2.42. The zero-order valence-corrected chi connectivity index (χ0v) is 14.2. The molecule has 0 aliphatic carbocycles. The maximum Gasteiger partial charge on any atom is 0.261 e. The van der Waals surface area contributed by atoms with Gasteiger partial charge in [0.2, 0.25) is 0 Å². The fraction of sp³-hybridized carbons (Fsp3) is 0.0769. The van der Waals surface area contributed by atoms with E-state index in [1.54, 1.807) is 30.3 Å². The van der Waals surface area contributed by atoms with Gasteiger partial charge in [-0.2, -0.15) is 0 Å². The van der Waals surface area contributed by atoms with Gasteiger partial charge in [0, 0.05) is 8.95 Å². The number of nitrogens with one attached hydrogen (secondary N) is 1. The van der Waals surface area contributed by atoms with Gasteiger partial charge in [0.05, 0.1) is 17.2 Å². The second kappa shape index (κ2) is 6.26. The Balaban J connectivity index is 2.30. The highest BCUT2D eigenvalue weighted by atomic mass is 79.9. The summed E-state index contributed by atoms with van der Waals surface area (Å²) in [6, 6.07) is 11.2. The van der Waals surface area contributed by atoms with Crippen LogP contribution in [-0.4, -0.2) is 13.5 Å². The molecule has 20 heavy (non-hydrogen) atoms. The molecule has 0 aromatic heterocycles. The van der Waals surface area contributed by atoms with Crippen LogP contribution in [0, 0.1) is 0 Å². The van der Waals surface area contributed by atoms with E-state index in [9.17, 15) is 8.42 Å². The number of rotatable bonds is 4. The van der Waals surface area contributed by atoms with Gasteiger partial charge in [0.25, 0.3) is 10.0 Å². The first-order valence-electron chi connectivity index (χ1n) is 5.60. The van der Waals surface area contributed by atoms with Crippen LogP contribution >= 0.6 is 31.9 Å². The van der Waals surface area contributed by atoms with Gasteiger partial charge in [0.1, 0.15) is 0 Å². The van der Waals surface area contributed by atoms with E-state index in [1.807, 2.05) is 0 Å². The highest BCUT2D eigenvalue weighted by Gasteiger charge is 2.15. The Morgan fingerprint density at radius 2 is 1.70 bits per heavy atom. The van der Waals surface area contributed by atoms with E-state index in [-0.39, 0.29) is 11.5 Å². The largest absolute Gasteiger partial charge is 0.392 e. The Labute approximate surface area is 134 Å². The molecule has 0 fully saturated rings. The lowest BCUT2D eigenvalue weighted by molar-refractivity contribution is 0.282. The molecule has 2 aromatic carbocycles. The van der Waals surface area contributed by atoms with Crippen LogP contribution < -0.4 is 4.72 Å². The molecule has 7 heteroatoms. The number of hydrogen-bond acceptors (Lipinski definition) is 3. The molecule has 0 spiro atoms. The molecular weight excluding hydrogens is 410 g/mol. The first kappa shape index (κ1) is 15.5. The summed E-state index contributed by atoms with van der Waals surface area (Å²) in [6.07, 6.45) is 0. The van der Waals surface area contributed by atoms with Crippen molar-refractivity contribution in [2.24, 2.45) is 0 Å². The monoisotopic (exact) mass is 419 g/mol. The Kier molecular flexibility index (Phi) is 4.85. The van der Waals surface area contributed by atoms with Crippen molar-refractivity contribution in [1.82, 2.24) is 0 Å². The van der Waals surface area contributed by atoms with Crippen LogP contribution in [0.2, 0.25) is 0 Å². The van der Waals surface area contributed by atoms with Crippen LogP contribution in [0.25, 0.3) is 0 Å². The Bertz CT molecular complexity index is 715. The van der Waals surface area contributed by atoms with Gasteiger partial charge in [-0.3, -0.25) is 4.72 Å². The molecule has 106 valence electrons. The van der Waals surface area contributed by atoms with E-state index in [2.05, 4.69) is 36.6 Å². The van der Waals surface area contributed by atoms with E-state index in [0.717, 1.165) is 4.47 Å². The van der Waals surface area contributed by atoms with Crippen molar-refractivity contribution in [1.29, 1.82) is 0 Å². The van der Waals surface area contributed by atoms with Crippen LogP contribution in [0.1, 0.15) is 5.56 Å². The van der Waals surface area contributed by atoms with Crippen molar-refractivity contribution < 1.29 is 13.5 Å². The summed E-state index contributed by atoms with van der Waals surface area (Å²) < 4.78 is 28.5. The van der Waals surface area contributed by atoms with Gasteiger partial charge in [-0.15, -0.1) is 0 Å². The van der Waals surface area contributed by atoms with Gasteiger partial charge in [-0.05, 0) is 51.8 Å². The zero-order valence-electron chi connectivity index (χ0n) is 10.2. The third kappa shape index (κ3) is 3.60. The molecule has 0 atom stereocenters. The molecule has 0 bridgehead atoms. The standard InChI is InChI=1S/C13H11Br2NO3S/c14-10-3-6-13(12(15)7-10)16-20(18,19)11-4-1-9(8-17)2-5-11/h1-7,16-17H,8H2. The maximum atomic E-state index is 12.2. The lowest BCUT2D eigenvalue weighted by Gasteiger charge is -2.10. The number of aliphatic hydroxyl groups excluding tert-OH is 1. The summed E-state index contributed by atoms with van der Waals surface area (Å²) in [5.41, 5.74) is 1.12. The first-order valence-corrected chi connectivity index (χ1v) is 8.67. The predicted octanol–water partition coefficient (Wildman–Crippen LogP) is 3.50. The number of hydrogen-bond donors (Lipinski definition) is 2. The third-order valence-electron chi connectivity index (χ3n) is 2.59. The average molecular weight is 421 g/mol. The molecule has 2 rings (SSSR count). The second-order valence-corrected chi connectivity index (χ2v) is 7.48. The molecule has 2 aromatic rings. The first-order chi connectivity index (χ1) is 9.42. The normalized spacial score (nSPS) is 11.3. The van der Waals surface area contributed by atoms with Gasteiger partial charge < -0.3 is 5.11 Å². The highest BCUT2D eigenvalue weighted by Crippen LogP contribution is 2.28. The molecular formula is C13H11Br2NO3S. The molecule has 4 nitrogen and oxygen atoms in total. The van der Waals surface area contributed by atoms with Gasteiger partial charge in [0.15, 0.2) is 0 Å².